The van der Waals surface area contributed by atoms with Gasteiger partial charge in [-0.1, -0.05) is 12.1 Å². The number of benzene rings is 2. The number of rotatable bonds is 4. The van der Waals surface area contributed by atoms with Crippen molar-refractivity contribution in [1.29, 1.82) is 0 Å². The Balaban J connectivity index is 1.88. The molecule has 2 aromatic carbocycles. The highest BCUT2D eigenvalue weighted by molar-refractivity contribution is 7.92. The van der Waals surface area contributed by atoms with Crippen LogP contribution in [0.3, 0.4) is 0 Å². The first-order chi connectivity index (χ1) is 13.8. The summed E-state index contributed by atoms with van der Waals surface area (Å²) in [6, 6.07) is 9.18. The zero-order chi connectivity index (χ0) is 20.9. The van der Waals surface area contributed by atoms with Crippen molar-refractivity contribution in [2.24, 2.45) is 0 Å². The Hall–Kier alpha value is -2.84. The Morgan fingerprint density at radius 1 is 1.31 bits per heavy atom. The number of fused-ring (bicyclic) bond motifs is 2. The lowest BCUT2D eigenvalue weighted by molar-refractivity contribution is 0.0714. The minimum absolute atomic E-state index is 0.173. The van der Waals surface area contributed by atoms with E-state index in [1.165, 1.54) is 12.1 Å². The molecule has 1 aliphatic heterocycles. The first-order valence-electron chi connectivity index (χ1n) is 9.07. The van der Waals surface area contributed by atoms with Gasteiger partial charge in [-0.2, -0.15) is 4.31 Å². The second-order valence-electron chi connectivity index (χ2n) is 7.03. The minimum Gasteiger partial charge on any atom is -0.593 e. The molecule has 3 aromatic rings. The van der Waals surface area contributed by atoms with E-state index >= 15 is 0 Å². The predicted molar refractivity (Wildman–Crippen MR) is 111 cm³/mol. The van der Waals surface area contributed by atoms with E-state index in [-0.39, 0.29) is 35.6 Å². The Kier molecular flexibility index (Phi) is 4.84. The third kappa shape index (κ3) is 3.08. The van der Waals surface area contributed by atoms with Gasteiger partial charge < -0.3 is 14.6 Å². The lowest BCUT2D eigenvalue weighted by Gasteiger charge is -2.25. The highest BCUT2D eigenvalue weighted by Crippen LogP contribution is 2.45. The van der Waals surface area contributed by atoms with Crippen molar-refractivity contribution in [2.45, 2.75) is 19.5 Å². The Morgan fingerprint density at radius 2 is 2.00 bits per heavy atom. The van der Waals surface area contributed by atoms with E-state index in [1.807, 2.05) is 6.92 Å². The molecule has 6 nitrogen and oxygen atoms in total. The third-order valence-electron chi connectivity index (χ3n) is 5.44. The van der Waals surface area contributed by atoms with Crippen molar-refractivity contribution in [3.05, 3.63) is 65.1 Å². The number of carbonyl (C=O) groups is 1. The van der Waals surface area contributed by atoms with E-state index in [9.17, 15) is 18.8 Å². The van der Waals surface area contributed by atoms with Crippen molar-refractivity contribution in [3.63, 3.8) is 0 Å². The SMILES string of the molecule is CC(c1ccc(F)cc1)N1Cc2c(c(O)c3ncccc3c2N(C)[S+](C)[O-])C1=O. The number of amides is 1. The molecule has 8 heteroatoms. The number of carbonyl (C=O) groups excluding carboxylic acids is 1. The summed E-state index contributed by atoms with van der Waals surface area (Å²) in [7, 11) is 1.69. The first kappa shape index (κ1) is 19.5. The van der Waals surface area contributed by atoms with Crippen LogP contribution in [0.25, 0.3) is 10.9 Å². The Bertz CT molecular complexity index is 1100. The molecule has 4 rings (SSSR count). The van der Waals surface area contributed by atoms with E-state index in [1.54, 1.807) is 53.0 Å². The molecular weight excluding hydrogens is 393 g/mol. The molecule has 1 N–H and O–H groups in total. The number of hydrogen-bond acceptors (Lipinski definition) is 5. The molecule has 0 radical (unpaired) electrons. The van der Waals surface area contributed by atoms with Gasteiger partial charge in [0.2, 0.25) is 0 Å². The molecule has 2 unspecified atom stereocenters. The number of hydrogen-bond donors (Lipinski definition) is 1. The maximum atomic E-state index is 13.3. The predicted octanol–water partition coefficient (Wildman–Crippen LogP) is 3.53. The van der Waals surface area contributed by atoms with Crippen LogP contribution >= 0.6 is 0 Å². The summed E-state index contributed by atoms with van der Waals surface area (Å²) >= 11 is -1.34. The van der Waals surface area contributed by atoms with E-state index < -0.39 is 11.4 Å². The van der Waals surface area contributed by atoms with E-state index in [0.717, 1.165) is 5.56 Å². The standard InChI is InChI=1S/C21H20FN3O3S/c1-12(13-6-8-14(22)9-7-13)25-11-16-17(21(25)27)20(26)18-15(5-4-10-23-18)19(16)24(2)29(3)28/h4-10,12,26H,11H2,1-3H3. The fourth-order valence-corrected chi connectivity index (χ4v) is 4.29. The average molecular weight is 413 g/mol. The number of pyridine rings is 1. The van der Waals surface area contributed by atoms with E-state index in [0.29, 0.717) is 22.2 Å². The highest BCUT2D eigenvalue weighted by atomic mass is 32.2. The summed E-state index contributed by atoms with van der Waals surface area (Å²) in [4.78, 5) is 19.1. The van der Waals surface area contributed by atoms with Gasteiger partial charge in [0.15, 0.2) is 5.75 Å². The smallest absolute Gasteiger partial charge is 0.258 e. The maximum Gasteiger partial charge on any atom is 0.258 e. The van der Waals surface area contributed by atoms with Gasteiger partial charge in [0.05, 0.1) is 35.7 Å². The number of phenolic OH excluding ortho intramolecular Hbond substituents is 1. The summed E-state index contributed by atoms with van der Waals surface area (Å²) in [5.74, 6) is -0.854. The second kappa shape index (κ2) is 7.20. The quantitative estimate of drug-likeness (QED) is 0.662. The minimum atomic E-state index is -1.34. The van der Waals surface area contributed by atoms with Crippen LogP contribution in [0.2, 0.25) is 0 Å². The largest absolute Gasteiger partial charge is 0.593 e. The lowest BCUT2D eigenvalue weighted by atomic mass is 10.0. The van der Waals surface area contributed by atoms with Gasteiger partial charge in [0.1, 0.15) is 17.6 Å². The number of halogens is 1. The van der Waals surface area contributed by atoms with Crippen LogP contribution in [0.15, 0.2) is 42.6 Å². The topological polar surface area (TPSA) is 79.7 Å². The van der Waals surface area contributed by atoms with Gasteiger partial charge in [0, 0.05) is 23.7 Å². The maximum absolute atomic E-state index is 13.3. The monoisotopic (exact) mass is 413 g/mol. The van der Waals surface area contributed by atoms with Gasteiger partial charge in [-0.25, -0.2) is 4.39 Å². The molecular formula is C21H20FN3O3S. The molecule has 0 aliphatic carbocycles. The molecule has 150 valence electrons. The highest BCUT2D eigenvalue weighted by Gasteiger charge is 2.39. The number of aromatic hydroxyl groups is 1. The second-order valence-corrected chi connectivity index (χ2v) is 8.43. The number of anilines is 1. The summed E-state index contributed by atoms with van der Waals surface area (Å²) in [6.45, 7) is 2.09. The van der Waals surface area contributed by atoms with Crippen LogP contribution in [-0.4, -0.2) is 38.8 Å². The number of aromatic nitrogens is 1. The van der Waals surface area contributed by atoms with E-state index in [2.05, 4.69) is 4.98 Å². The zero-order valence-corrected chi connectivity index (χ0v) is 17.0. The molecule has 0 spiro atoms. The van der Waals surface area contributed by atoms with Crippen LogP contribution < -0.4 is 4.31 Å². The fourth-order valence-electron chi connectivity index (χ4n) is 3.82. The van der Waals surface area contributed by atoms with Gasteiger partial charge in [-0.3, -0.25) is 9.78 Å². The zero-order valence-electron chi connectivity index (χ0n) is 16.2. The summed E-state index contributed by atoms with van der Waals surface area (Å²) in [6.07, 6.45) is 3.09. The summed E-state index contributed by atoms with van der Waals surface area (Å²) in [5.41, 5.74) is 2.48. The molecule has 0 bridgehead atoms. The number of phenols is 1. The van der Waals surface area contributed by atoms with E-state index in [4.69, 9.17) is 0 Å². The third-order valence-corrected chi connectivity index (χ3v) is 6.39. The molecule has 2 heterocycles. The molecule has 0 saturated carbocycles. The normalized spacial score (nSPS) is 15.5. The van der Waals surface area contributed by atoms with Gasteiger partial charge in [0.25, 0.3) is 5.91 Å². The molecule has 0 fully saturated rings. The van der Waals surface area contributed by atoms with Crippen molar-refractivity contribution < 1.29 is 18.8 Å². The fraction of sp³-hybridized carbons (Fsp3) is 0.238. The first-order valence-corrected chi connectivity index (χ1v) is 10.6. The van der Waals surface area contributed by atoms with Gasteiger partial charge >= 0.3 is 0 Å². The molecule has 1 aromatic heterocycles. The molecule has 1 aliphatic rings. The van der Waals surface area contributed by atoms with Gasteiger partial charge in [-0.15, -0.1) is 0 Å². The number of nitrogens with zero attached hydrogens (tertiary/aromatic N) is 3. The van der Waals surface area contributed by atoms with Crippen LogP contribution in [0.4, 0.5) is 10.1 Å². The van der Waals surface area contributed by atoms with Crippen molar-refractivity contribution in [3.8, 4) is 5.75 Å². The van der Waals surface area contributed by atoms with Crippen molar-refractivity contribution >= 4 is 33.9 Å². The summed E-state index contributed by atoms with van der Waals surface area (Å²) in [5, 5.41) is 11.5. The van der Waals surface area contributed by atoms with Crippen molar-refractivity contribution in [1.82, 2.24) is 9.88 Å². The molecule has 2 atom stereocenters. The van der Waals surface area contributed by atoms with Crippen LogP contribution in [0, 0.1) is 5.82 Å². The summed E-state index contributed by atoms with van der Waals surface area (Å²) < 4.78 is 27.1. The molecule has 29 heavy (non-hydrogen) atoms. The molecule has 0 saturated heterocycles. The van der Waals surface area contributed by atoms with Crippen LogP contribution in [0.5, 0.6) is 5.75 Å². The van der Waals surface area contributed by atoms with Crippen LogP contribution in [-0.2, 0) is 17.9 Å². The van der Waals surface area contributed by atoms with Crippen LogP contribution in [0.1, 0.15) is 34.5 Å². The Morgan fingerprint density at radius 3 is 2.66 bits per heavy atom. The molecule has 1 amide bonds. The lowest BCUT2D eigenvalue weighted by Crippen LogP contribution is -2.28. The van der Waals surface area contributed by atoms with Gasteiger partial charge in [-0.05, 0) is 36.8 Å². The average Bonchev–Trinajstić information content (AvgIpc) is 3.05. The van der Waals surface area contributed by atoms with Crippen molar-refractivity contribution in [2.75, 3.05) is 17.6 Å². The Labute approximate surface area is 170 Å².